The monoisotopic (exact) mass is 272 g/mol. The molecule has 0 unspecified atom stereocenters. The summed E-state index contributed by atoms with van der Waals surface area (Å²) in [5.74, 6) is 1.33. The minimum Gasteiger partial charge on any atom is -0.508 e. The molecular formula is C18H24O2. The molecule has 0 amide bonds. The molecule has 1 aliphatic heterocycles. The Labute approximate surface area is 122 Å². The van der Waals surface area contributed by atoms with E-state index in [0.29, 0.717) is 5.75 Å². The van der Waals surface area contributed by atoms with Gasteiger partial charge in [-0.3, -0.25) is 0 Å². The minimum atomic E-state index is -0.146. The molecule has 2 radical (unpaired) electrons. The standard InChI is InChI=1S/C18H24O2/c1-12(2)7-6-9-18(5)10-8-15-11-16(19)13(3)14(4)17(15)20-18/h1,7,11,19H,6,8-10H2,2-5H3/b12-7-/t18-/m1/s1. The third-order valence-corrected chi connectivity index (χ3v) is 4.30. The predicted molar refractivity (Wildman–Crippen MR) is 82.2 cm³/mol. The molecule has 1 heterocycles. The van der Waals surface area contributed by atoms with Gasteiger partial charge in [0.05, 0.1) is 0 Å². The van der Waals surface area contributed by atoms with Crippen molar-refractivity contribution in [2.24, 2.45) is 0 Å². The SMILES string of the molecule is [CH]/C(C)=C/CC[C@]1(C)CCc2cc(O)c(C)c(C)c2O1. The summed E-state index contributed by atoms with van der Waals surface area (Å²) in [5.41, 5.74) is 3.80. The molecule has 0 bridgehead atoms. The van der Waals surface area contributed by atoms with Crippen molar-refractivity contribution in [3.05, 3.63) is 41.3 Å². The van der Waals surface area contributed by atoms with Crippen molar-refractivity contribution in [2.45, 2.75) is 59.0 Å². The maximum Gasteiger partial charge on any atom is 0.126 e. The van der Waals surface area contributed by atoms with Gasteiger partial charge in [0.15, 0.2) is 0 Å². The Balaban J connectivity index is 2.21. The lowest BCUT2D eigenvalue weighted by Crippen LogP contribution is -2.36. The fraction of sp³-hybridized carbons (Fsp3) is 0.500. The van der Waals surface area contributed by atoms with Crippen molar-refractivity contribution >= 4 is 0 Å². The Kier molecular flexibility index (Phi) is 4.12. The Morgan fingerprint density at radius 1 is 1.45 bits per heavy atom. The van der Waals surface area contributed by atoms with Crippen molar-refractivity contribution in [2.75, 3.05) is 0 Å². The summed E-state index contributed by atoms with van der Waals surface area (Å²) in [6.45, 7) is 13.7. The number of fused-ring (bicyclic) bond motifs is 1. The van der Waals surface area contributed by atoms with Crippen LogP contribution in [0.1, 0.15) is 49.8 Å². The van der Waals surface area contributed by atoms with E-state index in [-0.39, 0.29) is 5.60 Å². The average molecular weight is 272 g/mol. The van der Waals surface area contributed by atoms with E-state index in [9.17, 15) is 5.11 Å². The van der Waals surface area contributed by atoms with Gasteiger partial charge in [-0.15, -0.1) is 0 Å². The van der Waals surface area contributed by atoms with Crippen LogP contribution in [-0.2, 0) is 6.42 Å². The van der Waals surface area contributed by atoms with Gasteiger partial charge in [0.2, 0.25) is 0 Å². The molecule has 2 rings (SSSR count). The highest BCUT2D eigenvalue weighted by molar-refractivity contribution is 5.53. The second-order valence-corrected chi connectivity index (χ2v) is 6.17. The van der Waals surface area contributed by atoms with E-state index < -0.39 is 0 Å². The number of ether oxygens (including phenoxy) is 1. The number of hydrogen-bond donors (Lipinski definition) is 1. The van der Waals surface area contributed by atoms with Crippen LogP contribution in [0, 0.1) is 20.8 Å². The van der Waals surface area contributed by atoms with Gasteiger partial charge in [0, 0.05) is 0 Å². The molecule has 1 aliphatic rings. The van der Waals surface area contributed by atoms with Crippen LogP contribution < -0.4 is 4.74 Å². The maximum atomic E-state index is 9.91. The Morgan fingerprint density at radius 3 is 2.80 bits per heavy atom. The molecule has 0 aromatic heterocycles. The van der Waals surface area contributed by atoms with Crippen molar-refractivity contribution in [3.63, 3.8) is 0 Å². The first-order valence-electron chi connectivity index (χ1n) is 7.26. The first kappa shape index (κ1) is 15.0. The summed E-state index contributed by atoms with van der Waals surface area (Å²) in [6.07, 6.45) is 5.87. The van der Waals surface area contributed by atoms with Crippen LogP contribution in [0.15, 0.2) is 17.7 Å². The number of phenolic OH excluding ortho intramolecular Hbond substituents is 1. The van der Waals surface area contributed by atoms with Crippen LogP contribution in [0.2, 0.25) is 0 Å². The second kappa shape index (κ2) is 5.51. The van der Waals surface area contributed by atoms with Gasteiger partial charge in [0.25, 0.3) is 0 Å². The van der Waals surface area contributed by atoms with E-state index in [0.717, 1.165) is 53.7 Å². The van der Waals surface area contributed by atoms with E-state index in [2.05, 4.69) is 13.0 Å². The molecule has 108 valence electrons. The molecule has 2 nitrogen and oxygen atoms in total. The lowest BCUT2D eigenvalue weighted by Gasteiger charge is -2.37. The van der Waals surface area contributed by atoms with Crippen molar-refractivity contribution in [3.8, 4) is 11.5 Å². The zero-order chi connectivity index (χ0) is 14.9. The van der Waals surface area contributed by atoms with Crippen molar-refractivity contribution in [1.82, 2.24) is 0 Å². The highest BCUT2D eigenvalue weighted by atomic mass is 16.5. The normalized spacial score (nSPS) is 22.4. The molecule has 0 spiro atoms. The van der Waals surface area contributed by atoms with E-state index in [1.165, 1.54) is 0 Å². The lowest BCUT2D eigenvalue weighted by molar-refractivity contribution is 0.0561. The summed E-state index contributed by atoms with van der Waals surface area (Å²) in [5, 5.41) is 9.91. The van der Waals surface area contributed by atoms with Gasteiger partial charge in [-0.25, -0.2) is 0 Å². The fourth-order valence-corrected chi connectivity index (χ4v) is 2.75. The molecule has 1 aromatic carbocycles. The number of phenols is 1. The number of rotatable bonds is 3. The molecular weight excluding hydrogens is 248 g/mol. The minimum absolute atomic E-state index is 0.146. The summed E-state index contributed by atoms with van der Waals surface area (Å²) >= 11 is 0. The quantitative estimate of drug-likeness (QED) is 0.876. The third-order valence-electron chi connectivity index (χ3n) is 4.30. The van der Waals surface area contributed by atoms with Crippen LogP contribution in [0.5, 0.6) is 11.5 Å². The molecule has 0 saturated heterocycles. The summed E-state index contributed by atoms with van der Waals surface area (Å²) in [4.78, 5) is 0. The molecule has 1 aromatic rings. The molecule has 20 heavy (non-hydrogen) atoms. The number of aromatic hydroxyl groups is 1. The van der Waals surface area contributed by atoms with Gasteiger partial charge < -0.3 is 9.84 Å². The van der Waals surface area contributed by atoms with Crippen molar-refractivity contribution < 1.29 is 9.84 Å². The number of benzene rings is 1. The van der Waals surface area contributed by atoms with Crippen LogP contribution >= 0.6 is 0 Å². The van der Waals surface area contributed by atoms with Crippen LogP contribution in [0.4, 0.5) is 0 Å². The molecule has 0 fully saturated rings. The Hall–Kier alpha value is -1.44. The molecule has 2 heteroatoms. The third kappa shape index (κ3) is 3.00. The summed E-state index contributed by atoms with van der Waals surface area (Å²) in [6, 6.07) is 1.85. The highest BCUT2D eigenvalue weighted by Crippen LogP contribution is 2.41. The predicted octanol–water partition coefficient (Wildman–Crippen LogP) is 4.53. The Bertz CT molecular complexity index is 539. The topological polar surface area (TPSA) is 29.5 Å². The van der Waals surface area contributed by atoms with Crippen LogP contribution in [0.3, 0.4) is 0 Å². The highest BCUT2D eigenvalue weighted by Gasteiger charge is 2.32. The lowest BCUT2D eigenvalue weighted by atomic mass is 9.87. The first-order valence-corrected chi connectivity index (χ1v) is 7.26. The average Bonchev–Trinajstić information content (AvgIpc) is 2.37. The zero-order valence-electron chi connectivity index (χ0n) is 12.9. The van der Waals surface area contributed by atoms with E-state index in [1.807, 2.05) is 26.8 Å². The van der Waals surface area contributed by atoms with Gasteiger partial charge in [0.1, 0.15) is 17.1 Å². The van der Waals surface area contributed by atoms with E-state index >= 15 is 0 Å². The van der Waals surface area contributed by atoms with E-state index in [4.69, 9.17) is 11.7 Å². The van der Waals surface area contributed by atoms with Gasteiger partial charge in [-0.2, -0.15) is 0 Å². The Morgan fingerprint density at radius 2 is 2.15 bits per heavy atom. The molecule has 0 aliphatic carbocycles. The van der Waals surface area contributed by atoms with Crippen molar-refractivity contribution in [1.29, 1.82) is 0 Å². The largest absolute Gasteiger partial charge is 0.508 e. The van der Waals surface area contributed by atoms with Gasteiger partial charge >= 0.3 is 0 Å². The van der Waals surface area contributed by atoms with Crippen LogP contribution in [0.25, 0.3) is 0 Å². The number of hydrogen-bond acceptors (Lipinski definition) is 2. The second-order valence-electron chi connectivity index (χ2n) is 6.17. The maximum absolute atomic E-state index is 9.91. The molecule has 0 saturated carbocycles. The van der Waals surface area contributed by atoms with E-state index in [1.54, 1.807) is 0 Å². The fourth-order valence-electron chi connectivity index (χ4n) is 2.75. The number of aryl methyl sites for hydroxylation is 1. The smallest absolute Gasteiger partial charge is 0.126 e. The zero-order valence-corrected chi connectivity index (χ0v) is 12.9. The molecule has 1 atom stereocenters. The van der Waals surface area contributed by atoms with Gasteiger partial charge in [-0.1, -0.05) is 11.6 Å². The summed E-state index contributed by atoms with van der Waals surface area (Å²) < 4.78 is 6.29. The van der Waals surface area contributed by atoms with Gasteiger partial charge in [-0.05, 0) is 83.1 Å². The van der Waals surface area contributed by atoms with Crippen LogP contribution in [-0.4, -0.2) is 10.7 Å². The number of allylic oxidation sites excluding steroid dienone is 2. The molecule has 1 N–H and O–H groups in total. The first-order chi connectivity index (χ1) is 9.32. The summed E-state index contributed by atoms with van der Waals surface area (Å²) in [7, 11) is 0.